The van der Waals surface area contributed by atoms with Crippen LogP contribution in [0.15, 0.2) is 17.7 Å². The number of nitrogens with zero attached hydrogens (tertiary/aromatic N) is 1. The Morgan fingerprint density at radius 1 is 1.39 bits per heavy atom. The van der Waals surface area contributed by atoms with Gasteiger partial charge in [0.05, 0.1) is 6.61 Å². The number of ether oxygens (including phenoxy) is 1. The van der Waals surface area contributed by atoms with Crippen LogP contribution in [-0.4, -0.2) is 27.9 Å². The summed E-state index contributed by atoms with van der Waals surface area (Å²) in [6.45, 7) is 1.73. The Labute approximate surface area is 103 Å². The van der Waals surface area contributed by atoms with E-state index in [1.807, 2.05) is 0 Å². The number of carbonyl (C=O) groups is 1. The number of hydrogen-bond donors (Lipinski definition) is 3. The van der Waals surface area contributed by atoms with E-state index in [2.05, 4.69) is 4.74 Å². The van der Waals surface area contributed by atoms with Crippen molar-refractivity contribution in [3.05, 3.63) is 23.3 Å². The van der Waals surface area contributed by atoms with Gasteiger partial charge in [0.1, 0.15) is 11.6 Å². The third kappa shape index (κ3) is 2.92. The van der Waals surface area contributed by atoms with Gasteiger partial charge in [-0.25, -0.2) is 4.79 Å². The SMILES string of the molecule is CCOC(=O)/C(C#N)=C/c1cc(O)c(O)c(O)c1. The highest BCUT2D eigenvalue weighted by atomic mass is 16.5. The minimum atomic E-state index is -0.799. The first kappa shape index (κ1) is 13.4. The van der Waals surface area contributed by atoms with Crippen molar-refractivity contribution in [1.29, 1.82) is 5.26 Å². The Balaban J connectivity index is 3.15. The van der Waals surface area contributed by atoms with Gasteiger partial charge in [-0.3, -0.25) is 0 Å². The van der Waals surface area contributed by atoms with E-state index in [1.54, 1.807) is 13.0 Å². The molecule has 1 aromatic rings. The van der Waals surface area contributed by atoms with Gasteiger partial charge in [-0.2, -0.15) is 5.26 Å². The molecule has 0 saturated heterocycles. The molecule has 0 saturated carbocycles. The second-order valence-corrected chi connectivity index (χ2v) is 3.30. The quantitative estimate of drug-likeness (QED) is 0.322. The van der Waals surface area contributed by atoms with Crippen LogP contribution in [0.25, 0.3) is 6.08 Å². The molecule has 0 unspecified atom stereocenters. The maximum Gasteiger partial charge on any atom is 0.348 e. The van der Waals surface area contributed by atoms with E-state index < -0.39 is 23.2 Å². The summed E-state index contributed by atoms with van der Waals surface area (Å²) in [4.78, 5) is 11.3. The van der Waals surface area contributed by atoms with Crippen LogP contribution in [0.2, 0.25) is 0 Å². The average molecular weight is 249 g/mol. The molecule has 0 atom stereocenters. The summed E-state index contributed by atoms with van der Waals surface area (Å²) in [5.41, 5.74) is -0.0891. The summed E-state index contributed by atoms with van der Waals surface area (Å²) < 4.78 is 4.65. The number of carbonyl (C=O) groups excluding carboxylic acids is 1. The maximum atomic E-state index is 11.3. The topological polar surface area (TPSA) is 111 Å². The predicted octanol–water partition coefficient (Wildman–Crippen LogP) is 1.27. The van der Waals surface area contributed by atoms with E-state index >= 15 is 0 Å². The molecule has 0 amide bonds. The Morgan fingerprint density at radius 3 is 2.39 bits per heavy atom. The van der Waals surface area contributed by atoms with Crippen LogP contribution in [0.4, 0.5) is 0 Å². The minimum Gasteiger partial charge on any atom is -0.504 e. The fraction of sp³-hybridized carbons (Fsp3) is 0.167. The van der Waals surface area contributed by atoms with Crippen molar-refractivity contribution in [3.63, 3.8) is 0 Å². The Kier molecular flexibility index (Phi) is 4.16. The number of phenols is 3. The number of aromatic hydroxyl groups is 3. The van der Waals surface area contributed by atoms with Crippen LogP contribution in [-0.2, 0) is 9.53 Å². The summed E-state index contributed by atoms with van der Waals surface area (Å²) >= 11 is 0. The van der Waals surface area contributed by atoms with E-state index in [9.17, 15) is 15.0 Å². The zero-order chi connectivity index (χ0) is 13.7. The zero-order valence-corrected chi connectivity index (χ0v) is 9.54. The number of phenolic OH excluding ortho intramolecular Hbond substituents is 3. The highest BCUT2D eigenvalue weighted by molar-refractivity contribution is 5.98. The van der Waals surface area contributed by atoms with Crippen molar-refractivity contribution < 1.29 is 24.9 Å². The second kappa shape index (κ2) is 5.59. The van der Waals surface area contributed by atoms with E-state index in [1.165, 1.54) is 0 Å². The summed E-state index contributed by atoms with van der Waals surface area (Å²) in [7, 11) is 0. The summed E-state index contributed by atoms with van der Waals surface area (Å²) in [6.07, 6.45) is 1.14. The molecule has 1 rings (SSSR count). The Bertz CT molecular complexity index is 519. The van der Waals surface area contributed by atoms with Crippen LogP contribution < -0.4 is 0 Å². The van der Waals surface area contributed by atoms with Crippen molar-refractivity contribution in [3.8, 4) is 23.3 Å². The minimum absolute atomic E-state index is 0.129. The highest BCUT2D eigenvalue weighted by Crippen LogP contribution is 2.35. The Morgan fingerprint density at radius 2 is 1.94 bits per heavy atom. The van der Waals surface area contributed by atoms with Crippen LogP contribution >= 0.6 is 0 Å². The molecule has 0 radical (unpaired) electrons. The van der Waals surface area contributed by atoms with Gasteiger partial charge in [0.2, 0.25) is 0 Å². The molecule has 0 aliphatic carbocycles. The van der Waals surface area contributed by atoms with Gasteiger partial charge in [-0.05, 0) is 30.7 Å². The van der Waals surface area contributed by atoms with Gasteiger partial charge in [0.25, 0.3) is 0 Å². The van der Waals surface area contributed by atoms with Gasteiger partial charge in [-0.15, -0.1) is 0 Å². The zero-order valence-electron chi connectivity index (χ0n) is 9.54. The van der Waals surface area contributed by atoms with E-state index in [0.717, 1.165) is 18.2 Å². The summed E-state index contributed by atoms with van der Waals surface area (Å²) in [5, 5.41) is 36.5. The standard InChI is InChI=1S/C12H11NO5/c1-2-18-12(17)8(6-13)3-7-4-9(14)11(16)10(15)5-7/h3-5,14-16H,2H2,1H3/b8-3+. The first-order chi connectivity index (χ1) is 8.49. The smallest absolute Gasteiger partial charge is 0.348 e. The fourth-order valence-electron chi connectivity index (χ4n) is 1.22. The lowest BCUT2D eigenvalue weighted by Crippen LogP contribution is -2.05. The molecule has 0 heterocycles. The number of rotatable bonds is 3. The molecule has 3 N–H and O–H groups in total. The predicted molar refractivity (Wildman–Crippen MR) is 61.7 cm³/mol. The summed E-state index contributed by atoms with van der Waals surface area (Å²) in [6, 6.07) is 3.86. The first-order valence-corrected chi connectivity index (χ1v) is 5.03. The molecular formula is C12H11NO5. The normalized spacial score (nSPS) is 10.8. The number of hydrogen-bond acceptors (Lipinski definition) is 6. The van der Waals surface area contributed by atoms with Crippen molar-refractivity contribution >= 4 is 12.0 Å². The van der Waals surface area contributed by atoms with Gasteiger partial charge < -0.3 is 20.1 Å². The van der Waals surface area contributed by atoms with Crippen LogP contribution in [0.1, 0.15) is 12.5 Å². The van der Waals surface area contributed by atoms with Crippen molar-refractivity contribution in [2.24, 2.45) is 0 Å². The van der Waals surface area contributed by atoms with E-state index in [0.29, 0.717) is 0 Å². The molecule has 0 spiro atoms. The fourth-order valence-corrected chi connectivity index (χ4v) is 1.22. The molecule has 0 aromatic heterocycles. The monoisotopic (exact) mass is 249 g/mol. The first-order valence-electron chi connectivity index (χ1n) is 5.03. The molecule has 0 fully saturated rings. The third-order valence-electron chi connectivity index (χ3n) is 2.02. The largest absolute Gasteiger partial charge is 0.504 e. The van der Waals surface area contributed by atoms with E-state index in [-0.39, 0.29) is 17.7 Å². The summed E-state index contributed by atoms with van der Waals surface area (Å²) in [5.74, 6) is -2.57. The molecule has 6 heteroatoms. The lowest BCUT2D eigenvalue weighted by atomic mass is 10.1. The van der Waals surface area contributed by atoms with Crippen LogP contribution in [0, 0.1) is 11.3 Å². The lowest BCUT2D eigenvalue weighted by molar-refractivity contribution is -0.137. The van der Waals surface area contributed by atoms with Crippen molar-refractivity contribution in [2.45, 2.75) is 6.92 Å². The number of esters is 1. The molecule has 0 bridgehead atoms. The highest BCUT2D eigenvalue weighted by Gasteiger charge is 2.12. The molecule has 94 valence electrons. The number of nitriles is 1. The second-order valence-electron chi connectivity index (χ2n) is 3.30. The van der Waals surface area contributed by atoms with Crippen molar-refractivity contribution in [1.82, 2.24) is 0 Å². The number of benzene rings is 1. The average Bonchev–Trinajstić information content (AvgIpc) is 2.33. The van der Waals surface area contributed by atoms with Gasteiger partial charge in [0.15, 0.2) is 17.2 Å². The van der Waals surface area contributed by atoms with Crippen molar-refractivity contribution in [2.75, 3.05) is 6.61 Å². The molecule has 1 aromatic carbocycles. The third-order valence-corrected chi connectivity index (χ3v) is 2.02. The maximum absolute atomic E-state index is 11.3. The van der Waals surface area contributed by atoms with Gasteiger partial charge in [-0.1, -0.05) is 0 Å². The Hall–Kier alpha value is -2.68. The van der Waals surface area contributed by atoms with Gasteiger partial charge >= 0.3 is 5.97 Å². The van der Waals surface area contributed by atoms with Crippen LogP contribution in [0.3, 0.4) is 0 Å². The molecule has 18 heavy (non-hydrogen) atoms. The molecule has 0 aliphatic rings. The molecule has 0 aliphatic heterocycles. The van der Waals surface area contributed by atoms with Gasteiger partial charge in [0, 0.05) is 0 Å². The molecule has 6 nitrogen and oxygen atoms in total. The molecular weight excluding hydrogens is 238 g/mol. The van der Waals surface area contributed by atoms with E-state index in [4.69, 9.17) is 10.4 Å². The lowest BCUT2D eigenvalue weighted by Gasteiger charge is -2.03. The van der Waals surface area contributed by atoms with Crippen LogP contribution in [0.5, 0.6) is 17.2 Å².